The van der Waals surface area contributed by atoms with Crippen LogP contribution in [-0.4, -0.2) is 69.0 Å². The Morgan fingerprint density at radius 3 is 2.33 bits per heavy atom. The van der Waals surface area contributed by atoms with Gasteiger partial charge in [0.2, 0.25) is 0 Å². The number of hydrogen-bond acceptors (Lipinski definition) is 5. The third-order valence-corrected chi connectivity index (χ3v) is 5.92. The number of carbonyl (C=O) groups excluding carboxylic acids is 1. The minimum atomic E-state index is -3.55. The number of morpholine rings is 1. The van der Waals surface area contributed by atoms with E-state index in [1.807, 2.05) is 0 Å². The molecular formula is C13H24N2O5S. The van der Waals surface area contributed by atoms with Crippen LogP contribution in [0, 0.1) is 11.8 Å². The molecule has 21 heavy (non-hydrogen) atoms. The molecule has 2 saturated heterocycles. The molecule has 0 spiro atoms. The van der Waals surface area contributed by atoms with E-state index < -0.39 is 22.3 Å². The first kappa shape index (κ1) is 16.7. The normalized spacial score (nSPS) is 32.8. The minimum absolute atomic E-state index is 0.0221. The zero-order valence-electron chi connectivity index (χ0n) is 12.8. The van der Waals surface area contributed by atoms with E-state index in [0.717, 1.165) is 6.42 Å². The predicted molar refractivity (Wildman–Crippen MR) is 76.8 cm³/mol. The summed E-state index contributed by atoms with van der Waals surface area (Å²) < 4.78 is 38.3. The molecule has 8 heteroatoms. The summed E-state index contributed by atoms with van der Waals surface area (Å²) in [5.41, 5.74) is 0. The SMILES string of the molecule is COC(=O)C1CN(S(=O)(=O)N2CC(C)CC(C)C2)CCO1. The van der Waals surface area contributed by atoms with Crippen molar-refractivity contribution in [1.82, 2.24) is 8.61 Å². The third-order valence-electron chi connectivity index (χ3n) is 3.98. The standard InChI is InChI=1S/C13H24N2O5S/c1-10-6-11(2)8-15(7-10)21(17,18)14-4-5-20-12(9-14)13(16)19-3/h10-12H,4-9H2,1-3H3. The summed E-state index contributed by atoms with van der Waals surface area (Å²) in [5.74, 6) is 0.164. The van der Waals surface area contributed by atoms with Gasteiger partial charge < -0.3 is 9.47 Å². The van der Waals surface area contributed by atoms with E-state index in [9.17, 15) is 13.2 Å². The Balaban J connectivity index is 2.09. The highest BCUT2D eigenvalue weighted by atomic mass is 32.2. The molecule has 3 unspecified atom stereocenters. The lowest BCUT2D eigenvalue weighted by atomic mass is 9.94. The molecule has 2 rings (SSSR count). The average Bonchev–Trinajstić information content (AvgIpc) is 2.45. The maximum absolute atomic E-state index is 12.7. The highest BCUT2D eigenvalue weighted by molar-refractivity contribution is 7.86. The smallest absolute Gasteiger partial charge is 0.336 e. The molecule has 2 aliphatic rings. The van der Waals surface area contributed by atoms with Gasteiger partial charge in [-0.15, -0.1) is 0 Å². The number of nitrogens with zero attached hydrogens (tertiary/aromatic N) is 2. The molecule has 0 aliphatic carbocycles. The maximum Gasteiger partial charge on any atom is 0.336 e. The molecule has 0 bridgehead atoms. The fourth-order valence-electron chi connectivity index (χ4n) is 3.07. The quantitative estimate of drug-likeness (QED) is 0.689. The number of rotatable bonds is 3. The summed E-state index contributed by atoms with van der Waals surface area (Å²) in [6, 6.07) is 0. The summed E-state index contributed by atoms with van der Waals surface area (Å²) in [4.78, 5) is 11.5. The second-order valence-corrected chi connectivity index (χ2v) is 7.94. The van der Waals surface area contributed by atoms with E-state index in [-0.39, 0.29) is 19.7 Å². The van der Waals surface area contributed by atoms with E-state index in [1.165, 1.54) is 15.7 Å². The van der Waals surface area contributed by atoms with Crippen LogP contribution in [0.5, 0.6) is 0 Å². The van der Waals surface area contributed by atoms with Crippen molar-refractivity contribution >= 4 is 16.2 Å². The number of esters is 1. The molecule has 0 saturated carbocycles. The number of hydrogen-bond donors (Lipinski definition) is 0. The van der Waals surface area contributed by atoms with Crippen molar-refractivity contribution in [2.45, 2.75) is 26.4 Å². The zero-order chi connectivity index (χ0) is 15.6. The molecule has 2 fully saturated rings. The van der Waals surface area contributed by atoms with Gasteiger partial charge in [-0.25, -0.2) is 4.79 Å². The van der Waals surface area contributed by atoms with Crippen molar-refractivity contribution in [2.75, 3.05) is 39.9 Å². The molecule has 3 atom stereocenters. The van der Waals surface area contributed by atoms with Gasteiger partial charge in [0.25, 0.3) is 10.2 Å². The van der Waals surface area contributed by atoms with Crippen molar-refractivity contribution in [1.29, 1.82) is 0 Å². The topological polar surface area (TPSA) is 76.2 Å². The van der Waals surface area contributed by atoms with E-state index in [1.54, 1.807) is 0 Å². The maximum atomic E-state index is 12.7. The van der Waals surface area contributed by atoms with Crippen LogP contribution in [0.3, 0.4) is 0 Å². The first-order valence-electron chi connectivity index (χ1n) is 7.29. The lowest BCUT2D eigenvalue weighted by molar-refractivity contribution is -0.157. The number of methoxy groups -OCH3 is 1. The van der Waals surface area contributed by atoms with Crippen LogP contribution in [-0.2, 0) is 24.5 Å². The van der Waals surface area contributed by atoms with Crippen LogP contribution in [0.1, 0.15) is 20.3 Å². The molecule has 0 radical (unpaired) electrons. The van der Waals surface area contributed by atoms with Gasteiger partial charge in [0.15, 0.2) is 6.10 Å². The van der Waals surface area contributed by atoms with Gasteiger partial charge in [0, 0.05) is 19.6 Å². The summed E-state index contributed by atoms with van der Waals surface area (Å²) in [7, 11) is -2.28. The molecule has 122 valence electrons. The first-order valence-corrected chi connectivity index (χ1v) is 8.69. The van der Waals surface area contributed by atoms with Gasteiger partial charge in [-0.2, -0.15) is 17.0 Å². The summed E-state index contributed by atoms with van der Waals surface area (Å²) >= 11 is 0. The van der Waals surface area contributed by atoms with E-state index >= 15 is 0 Å². The van der Waals surface area contributed by atoms with Crippen molar-refractivity contribution in [3.63, 3.8) is 0 Å². The van der Waals surface area contributed by atoms with E-state index in [4.69, 9.17) is 4.74 Å². The van der Waals surface area contributed by atoms with Crippen molar-refractivity contribution in [3.05, 3.63) is 0 Å². The van der Waals surface area contributed by atoms with Crippen LogP contribution in [0.25, 0.3) is 0 Å². The first-order chi connectivity index (χ1) is 9.84. The minimum Gasteiger partial charge on any atom is -0.467 e. The molecule has 0 aromatic carbocycles. The van der Waals surface area contributed by atoms with Gasteiger partial charge in [-0.05, 0) is 18.3 Å². The second-order valence-electron chi connectivity index (χ2n) is 6.01. The number of ether oxygens (including phenoxy) is 2. The van der Waals surface area contributed by atoms with Gasteiger partial charge >= 0.3 is 5.97 Å². The average molecular weight is 320 g/mol. The van der Waals surface area contributed by atoms with E-state index in [0.29, 0.717) is 24.9 Å². The van der Waals surface area contributed by atoms with Crippen LogP contribution in [0.15, 0.2) is 0 Å². The van der Waals surface area contributed by atoms with Gasteiger partial charge in [0.05, 0.1) is 20.3 Å². The summed E-state index contributed by atoms with van der Waals surface area (Å²) in [6.07, 6.45) is 0.207. The largest absolute Gasteiger partial charge is 0.467 e. The van der Waals surface area contributed by atoms with Crippen LogP contribution in [0.2, 0.25) is 0 Å². The lowest BCUT2D eigenvalue weighted by Gasteiger charge is -2.39. The van der Waals surface area contributed by atoms with Crippen molar-refractivity contribution in [3.8, 4) is 0 Å². The van der Waals surface area contributed by atoms with Crippen LogP contribution >= 0.6 is 0 Å². The Morgan fingerprint density at radius 1 is 1.14 bits per heavy atom. The molecular weight excluding hydrogens is 296 g/mol. The molecule has 7 nitrogen and oxygen atoms in total. The fraction of sp³-hybridized carbons (Fsp3) is 0.923. The molecule has 2 heterocycles. The highest BCUT2D eigenvalue weighted by Gasteiger charge is 2.39. The molecule has 0 N–H and O–H groups in total. The fourth-order valence-corrected chi connectivity index (χ4v) is 4.91. The highest BCUT2D eigenvalue weighted by Crippen LogP contribution is 2.25. The Bertz CT molecular complexity index is 471. The number of piperidine rings is 1. The lowest BCUT2D eigenvalue weighted by Crippen LogP contribution is -2.55. The Morgan fingerprint density at radius 2 is 1.76 bits per heavy atom. The van der Waals surface area contributed by atoms with Gasteiger partial charge in [-0.3, -0.25) is 0 Å². The van der Waals surface area contributed by atoms with Crippen LogP contribution in [0.4, 0.5) is 0 Å². The Labute approximate surface area is 126 Å². The second kappa shape index (κ2) is 6.60. The Kier molecular flexibility index (Phi) is 5.24. The summed E-state index contributed by atoms with van der Waals surface area (Å²) in [6.45, 7) is 5.70. The van der Waals surface area contributed by atoms with Crippen molar-refractivity contribution in [2.24, 2.45) is 11.8 Å². The monoisotopic (exact) mass is 320 g/mol. The van der Waals surface area contributed by atoms with Crippen molar-refractivity contribution < 1.29 is 22.7 Å². The molecule has 0 aromatic rings. The predicted octanol–water partition coefficient (Wildman–Crippen LogP) is 0.0829. The van der Waals surface area contributed by atoms with E-state index in [2.05, 4.69) is 18.6 Å². The number of carbonyl (C=O) groups is 1. The zero-order valence-corrected chi connectivity index (χ0v) is 13.6. The van der Waals surface area contributed by atoms with Gasteiger partial charge in [-0.1, -0.05) is 13.8 Å². The molecule has 2 aliphatic heterocycles. The summed E-state index contributed by atoms with van der Waals surface area (Å²) in [5, 5.41) is 0. The van der Waals surface area contributed by atoms with Gasteiger partial charge in [0.1, 0.15) is 0 Å². The van der Waals surface area contributed by atoms with Crippen LogP contribution < -0.4 is 0 Å². The molecule has 0 aromatic heterocycles. The Hall–Kier alpha value is -0.700. The molecule has 0 amide bonds. The third kappa shape index (κ3) is 3.74.